The number of aromatic nitrogens is 1. The number of amides is 3. The van der Waals surface area contributed by atoms with Gasteiger partial charge in [0.25, 0.3) is 5.91 Å². The molecule has 144 valence electrons. The highest BCUT2D eigenvalue weighted by molar-refractivity contribution is 6.07. The molecule has 2 N–H and O–H groups in total. The number of halogens is 3. The first-order chi connectivity index (χ1) is 12.6. The van der Waals surface area contributed by atoms with E-state index in [0.717, 1.165) is 12.1 Å². The lowest BCUT2D eigenvalue weighted by Gasteiger charge is -2.24. The SMILES string of the molecule is COCC1(CCC(=O)n2cc3ccc(C(F)(F)F)cc3c2)NC(=O)NC1=O. The summed E-state index contributed by atoms with van der Waals surface area (Å²) in [6.07, 6.45) is -1.87. The molecule has 1 atom stereocenters. The largest absolute Gasteiger partial charge is 0.416 e. The number of methoxy groups -OCH3 is 1. The van der Waals surface area contributed by atoms with Gasteiger partial charge >= 0.3 is 12.2 Å². The maximum atomic E-state index is 12.8. The standard InChI is InChI=1S/C17H16F3N3O4/c1-27-9-16(14(25)21-15(26)22-16)5-4-13(24)23-7-10-2-3-12(17(18,19)20)6-11(10)8-23/h2-3,6-8H,4-5,9H2,1H3,(H2,21,22,25,26). The fraction of sp³-hybridized carbons (Fsp3) is 0.353. The number of benzene rings is 1. The summed E-state index contributed by atoms with van der Waals surface area (Å²) in [5, 5.41) is 5.32. The summed E-state index contributed by atoms with van der Waals surface area (Å²) < 4.78 is 44.6. The van der Waals surface area contributed by atoms with Gasteiger partial charge in [-0.25, -0.2) is 4.79 Å². The van der Waals surface area contributed by atoms with Crippen molar-refractivity contribution in [3.8, 4) is 0 Å². The number of hydrogen-bond acceptors (Lipinski definition) is 4. The highest BCUT2D eigenvalue weighted by Gasteiger charge is 2.46. The molecule has 27 heavy (non-hydrogen) atoms. The van der Waals surface area contributed by atoms with E-state index in [2.05, 4.69) is 10.6 Å². The molecule has 3 amide bonds. The van der Waals surface area contributed by atoms with Crippen LogP contribution in [0, 0.1) is 0 Å². The normalized spacial score (nSPS) is 20.0. The van der Waals surface area contributed by atoms with Crippen molar-refractivity contribution in [2.24, 2.45) is 0 Å². The second kappa shape index (κ2) is 6.69. The molecule has 1 aromatic heterocycles. The van der Waals surface area contributed by atoms with Crippen molar-refractivity contribution in [3.63, 3.8) is 0 Å². The summed E-state index contributed by atoms with van der Waals surface area (Å²) in [6.45, 7) is -0.111. The second-order valence-corrected chi connectivity index (χ2v) is 6.32. The summed E-state index contributed by atoms with van der Waals surface area (Å²) >= 11 is 0. The van der Waals surface area contributed by atoms with Crippen LogP contribution in [0.25, 0.3) is 10.8 Å². The predicted octanol–water partition coefficient (Wildman–Crippen LogP) is 2.31. The van der Waals surface area contributed by atoms with Crippen molar-refractivity contribution in [2.45, 2.75) is 24.6 Å². The van der Waals surface area contributed by atoms with Gasteiger partial charge in [0, 0.05) is 31.3 Å². The van der Waals surface area contributed by atoms with Gasteiger partial charge in [0.15, 0.2) is 0 Å². The maximum Gasteiger partial charge on any atom is 0.416 e. The van der Waals surface area contributed by atoms with Crippen LogP contribution in [0.2, 0.25) is 0 Å². The molecule has 2 heterocycles. The van der Waals surface area contributed by atoms with Crippen LogP contribution in [0.1, 0.15) is 23.2 Å². The number of fused-ring (bicyclic) bond motifs is 1. The van der Waals surface area contributed by atoms with Crippen LogP contribution in [0.15, 0.2) is 30.6 Å². The van der Waals surface area contributed by atoms with Crippen molar-refractivity contribution in [1.82, 2.24) is 15.2 Å². The Labute approximate surface area is 151 Å². The summed E-state index contributed by atoms with van der Waals surface area (Å²) in [5.41, 5.74) is -2.15. The van der Waals surface area contributed by atoms with E-state index >= 15 is 0 Å². The average Bonchev–Trinajstić information content (AvgIpc) is 3.12. The molecular weight excluding hydrogens is 367 g/mol. The highest BCUT2D eigenvalue weighted by atomic mass is 19.4. The Hall–Kier alpha value is -2.88. The molecule has 0 radical (unpaired) electrons. The van der Waals surface area contributed by atoms with E-state index in [4.69, 9.17) is 4.74 Å². The van der Waals surface area contributed by atoms with Gasteiger partial charge in [0.1, 0.15) is 5.54 Å². The minimum absolute atomic E-state index is 0.0143. The van der Waals surface area contributed by atoms with Crippen molar-refractivity contribution in [1.29, 1.82) is 0 Å². The Morgan fingerprint density at radius 1 is 1.22 bits per heavy atom. The smallest absolute Gasteiger partial charge is 0.382 e. The minimum atomic E-state index is -4.47. The Bertz CT molecular complexity index is 922. The van der Waals surface area contributed by atoms with Crippen molar-refractivity contribution < 1.29 is 32.3 Å². The number of alkyl halides is 3. The number of nitrogens with zero attached hydrogens (tertiary/aromatic N) is 1. The number of carbonyl (C=O) groups excluding carboxylic acids is 3. The van der Waals surface area contributed by atoms with E-state index < -0.39 is 35.1 Å². The predicted molar refractivity (Wildman–Crippen MR) is 88.1 cm³/mol. The molecule has 0 saturated carbocycles. The summed E-state index contributed by atoms with van der Waals surface area (Å²) in [4.78, 5) is 35.9. The van der Waals surface area contributed by atoms with Crippen LogP contribution in [-0.2, 0) is 15.7 Å². The van der Waals surface area contributed by atoms with E-state index in [1.165, 1.54) is 30.1 Å². The molecule has 0 bridgehead atoms. The molecule has 1 unspecified atom stereocenters. The molecule has 1 aliphatic rings. The maximum absolute atomic E-state index is 12.8. The van der Waals surface area contributed by atoms with E-state index in [9.17, 15) is 27.6 Å². The lowest BCUT2D eigenvalue weighted by atomic mass is 9.94. The molecule has 10 heteroatoms. The zero-order chi connectivity index (χ0) is 19.8. The number of ether oxygens (including phenoxy) is 1. The summed E-state index contributed by atoms with van der Waals surface area (Å²) in [6, 6.07) is 2.54. The monoisotopic (exact) mass is 383 g/mol. The van der Waals surface area contributed by atoms with E-state index in [0.29, 0.717) is 5.39 Å². The third-order valence-corrected chi connectivity index (χ3v) is 4.43. The molecule has 2 aromatic rings. The number of nitrogens with one attached hydrogen (secondary N) is 2. The molecular formula is C17H16F3N3O4. The highest BCUT2D eigenvalue weighted by Crippen LogP contribution is 2.31. The van der Waals surface area contributed by atoms with Gasteiger partial charge in [0.2, 0.25) is 5.91 Å². The lowest BCUT2D eigenvalue weighted by molar-refractivity contribution is -0.137. The number of urea groups is 1. The van der Waals surface area contributed by atoms with Crippen LogP contribution >= 0.6 is 0 Å². The topological polar surface area (TPSA) is 89.4 Å². The van der Waals surface area contributed by atoms with Crippen LogP contribution < -0.4 is 10.6 Å². The van der Waals surface area contributed by atoms with Crippen molar-refractivity contribution in [2.75, 3.05) is 13.7 Å². The van der Waals surface area contributed by atoms with Crippen molar-refractivity contribution in [3.05, 3.63) is 36.2 Å². The Kier molecular flexibility index (Phi) is 4.68. The molecule has 1 fully saturated rings. The first-order valence-corrected chi connectivity index (χ1v) is 7.99. The number of rotatable bonds is 5. The average molecular weight is 383 g/mol. The van der Waals surface area contributed by atoms with Gasteiger partial charge in [-0.1, -0.05) is 6.07 Å². The quantitative estimate of drug-likeness (QED) is 0.776. The molecule has 3 rings (SSSR count). The van der Waals surface area contributed by atoms with E-state index in [1.807, 2.05) is 0 Å². The van der Waals surface area contributed by atoms with E-state index in [1.54, 1.807) is 0 Å². The summed E-state index contributed by atoms with van der Waals surface area (Å²) in [7, 11) is 1.36. The Morgan fingerprint density at radius 2 is 1.93 bits per heavy atom. The Balaban J connectivity index is 1.78. The number of carbonyl (C=O) groups is 3. The number of imide groups is 1. The third kappa shape index (κ3) is 3.65. The molecule has 1 saturated heterocycles. The molecule has 1 aliphatic heterocycles. The zero-order valence-corrected chi connectivity index (χ0v) is 14.2. The fourth-order valence-corrected chi connectivity index (χ4v) is 3.04. The van der Waals surface area contributed by atoms with Crippen molar-refractivity contribution >= 4 is 28.6 Å². The van der Waals surface area contributed by atoms with Gasteiger partial charge < -0.3 is 10.1 Å². The van der Waals surface area contributed by atoms with Gasteiger partial charge in [0.05, 0.1) is 12.2 Å². The molecule has 1 aromatic carbocycles. The van der Waals surface area contributed by atoms with Crippen LogP contribution in [0.3, 0.4) is 0 Å². The number of hydrogen-bond donors (Lipinski definition) is 2. The van der Waals surface area contributed by atoms with Crippen LogP contribution in [0.5, 0.6) is 0 Å². The van der Waals surface area contributed by atoms with Gasteiger partial charge in [-0.3, -0.25) is 19.5 Å². The summed E-state index contributed by atoms with van der Waals surface area (Å²) in [5.74, 6) is -1.01. The second-order valence-electron chi connectivity index (χ2n) is 6.32. The first-order valence-electron chi connectivity index (χ1n) is 7.99. The third-order valence-electron chi connectivity index (χ3n) is 4.43. The first kappa shape index (κ1) is 18.9. The van der Waals surface area contributed by atoms with Gasteiger partial charge in [-0.15, -0.1) is 0 Å². The molecule has 7 nitrogen and oxygen atoms in total. The lowest BCUT2D eigenvalue weighted by Crippen LogP contribution is -2.51. The minimum Gasteiger partial charge on any atom is -0.382 e. The van der Waals surface area contributed by atoms with Gasteiger partial charge in [-0.2, -0.15) is 13.2 Å². The van der Waals surface area contributed by atoms with E-state index in [-0.39, 0.29) is 24.8 Å². The molecule has 0 spiro atoms. The zero-order valence-electron chi connectivity index (χ0n) is 14.2. The fourth-order valence-electron chi connectivity index (χ4n) is 3.04. The van der Waals surface area contributed by atoms with Gasteiger partial charge in [-0.05, 0) is 23.9 Å². The Morgan fingerprint density at radius 3 is 2.52 bits per heavy atom. The molecule has 0 aliphatic carbocycles. The van der Waals surface area contributed by atoms with Crippen LogP contribution in [0.4, 0.5) is 18.0 Å². The van der Waals surface area contributed by atoms with Crippen LogP contribution in [-0.4, -0.2) is 41.7 Å².